The van der Waals surface area contributed by atoms with Crippen molar-refractivity contribution < 1.29 is 4.52 Å². The monoisotopic (exact) mass is 254 g/mol. The topological polar surface area (TPSA) is 67.6 Å². The van der Waals surface area contributed by atoms with Crippen LogP contribution in [0.5, 0.6) is 0 Å². The summed E-state index contributed by atoms with van der Waals surface area (Å²) in [7, 11) is 0. The molecule has 0 aliphatic carbocycles. The second kappa shape index (κ2) is 5.48. The van der Waals surface area contributed by atoms with Gasteiger partial charge >= 0.3 is 0 Å². The molecule has 0 saturated carbocycles. The van der Waals surface area contributed by atoms with E-state index < -0.39 is 0 Å². The summed E-state index contributed by atoms with van der Waals surface area (Å²) >= 11 is 0. The third-order valence-electron chi connectivity index (χ3n) is 2.88. The van der Waals surface area contributed by atoms with Crippen LogP contribution in [0.15, 0.2) is 47.4 Å². The lowest BCUT2D eigenvalue weighted by Gasteiger charge is -1.94. The van der Waals surface area contributed by atoms with E-state index >= 15 is 0 Å². The molecule has 0 bridgehead atoms. The maximum absolute atomic E-state index is 5.24. The first-order valence-corrected chi connectivity index (χ1v) is 6.23. The fraction of sp³-hybridized carbons (Fsp3) is 0.214. The highest BCUT2D eigenvalue weighted by molar-refractivity contribution is 5.18. The van der Waals surface area contributed by atoms with Gasteiger partial charge in [0.15, 0.2) is 5.82 Å². The smallest absolute Gasteiger partial charge is 0.227 e. The minimum atomic E-state index is 0.667. The van der Waals surface area contributed by atoms with E-state index in [-0.39, 0.29) is 0 Å². The maximum atomic E-state index is 5.24. The van der Waals surface area contributed by atoms with E-state index in [0.717, 1.165) is 24.4 Å². The highest BCUT2D eigenvalue weighted by Crippen LogP contribution is 2.08. The average Bonchev–Trinajstić information content (AvgIpc) is 3.09. The van der Waals surface area contributed by atoms with Crippen molar-refractivity contribution in [2.24, 2.45) is 0 Å². The number of aryl methyl sites for hydroxylation is 2. The van der Waals surface area contributed by atoms with Crippen molar-refractivity contribution in [3.63, 3.8) is 0 Å². The van der Waals surface area contributed by atoms with Gasteiger partial charge in [0.25, 0.3) is 0 Å². The molecule has 0 saturated heterocycles. The summed E-state index contributed by atoms with van der Waals surface area (Å²) in [5, 5.41) is 4.00. The number of aromatic nitrogens is 4. The van der Waals surface area contributed by atoms with Gasteiger partial charge in [-0.1, -0.05) is 35.5 Å². The second-order valence-electron chi connectivity index (χ2n) is 4.34. The lowest BCUT2D eigenvalue weighted by molar-refractivity contribution is 0.373. The van der Waals surface area contributed by atoms with Crippen LogP contribution in [0.3, 0.4) is 0 Å². The zero-order chi connectivity index (χ0) is 12.9. The fourth-order valence-electron chi connectivity index (χ4n) is 1.90. The zero-order valence-corrected chi connectivity index (χ0v) is 10.4. The number of hydrogen-bond donors (Lipinski definition) is 1. The molecule has 0 radical (unpaired) electrons. The van der Waals surface area contributed by atoms with Gasteiger partial charge in [-0.25, -0.2) is 4.98 Å². The molecule has 96 valence electrons. The number of nitrogens with one attached hydrogen (secondary N) is 1. The van der Waals surface area contributed by atoms with E-state index in [1.807, 2.05) is 18.2 Å². The van der Waals surface area contributed by atoms with Gasteiger partial charge in [-0.2, -0.15) is 4.98 Å². The molecule has 2 aromatic heterocycles. The molecular weight excluding hydrogens is 240 g/mol. The van der Waals surface area contributed by atoms with Crippen molar-refractivity contribution in [2.75, 3.05) is 0 Å². The number of rotatable bonds is 5. The summed E-state index contributed by atoms with van der Waals surface area (Å²) in [5.41, 5.74) is 2.26. The highest BCUT2D eigenvalue weighted by atomic mass is 16.5. The Morgan fingerprint density at radius 3 is 2.79 bits per heavy atom. The Balaban J connectivity index is 1.60. The molecule has 0 spiro atoms. The summed E-state index contributed by atoms with van der Waals surface area (Å²) in [5.74, 6) is 1.39. The summed E-state index contributed by atoms with van der Waals surface area (Å²) in [6, 6.07) is 10.1. The standard InChI is InChI=1S/C14H14N4O/c1-2-4-11(5-3-1)8-13-17-14(19-18-13)7-6-12-9-15-10-16-12/h1-5,9-10H,6-8H2,(H,15,16). The van der Waals surface area contributed by atoms with E-state index in [9.17, 15) is 0 Å². The highest BCUT2D eigenvalue weighted by Gasteiger charge is 2.07. The first kappa shape index (κ1) is 11.6. The number of H-pyrrole nitrogens is 1. The van der Waals surface area contributed by atoms with Gasteiger partial charge < -0.3 is 9.51 Å². The van der Waals surface area contributed by atoms with Crippen LogP contribution in [-0.2, 0) is 19.3 Å². The minimum absolute atomic E-state index is 0.667. The van der Waals surface area contributed by atoms with Gasteiger partial charge in [0.1, 0.15) is 0 Å². The molecule has 0 atom stereocenters. The molecule has 5 nitrogen and oxygen atoms in total. The molecule has 0 aliphatic rings. The largest absolute Gasteiger partial charge is 0.348 e. The lowest BCUT2D eigenvalue weighted by Crippen LogP contribution is -1.93. The van der Waals surface area contributed by atoms with Gasteiger partial charge in [-0.05, 0) is 12.0 Å². The van der Waals surface area contributed by atoms with Crippen LogP contribution >= 0.6 is 0 Å². The molecule has 0 unspecified atom stereocenters. The quantitative estimate of drug-likeness (QED) is 0.757. The van der Waals surface area contributed by atoms with Crippen LogP contribution in [0.1, 0.15) is 23.0 Å². The van der Waals surface area contributed by atoms with Crippen LogP contribution in [0, 0.1) is 0 Å². The summed E-state index contributed by atoms with van der Waals surface area (Å²) in [6.45, 7) is 0. The van der Waals surface area contributed by atoms with E-state index in [4.69, 9.17) is 4.52 Å². The number of hydrogen-bond acceptors (Lipinski definition) is 4. The Morgan fingerprint density at radius 2 is 2.00 bits per heavy atom. The maximum Gasteiger partial charge on any atom is 0.227 e. The van der Waals surface area contributed by atoms with E-state index in [0.29, 0.717) is 12.3 Å². The van der Waals surface area contributed by atoms with E-state index in [1.54, 1.807) is 12.5 Å². The first-order valence-electron chi connectivity index (χ1n) is 6.23. The number of nitrogens with zero attached hydrogens (tertiary/aromatic N) is 3. The molecule has 0 fully saturated rings. The van der Waals surface area contributed by atoms with Crippen LogP contribution in [0.2, 0.25) is 0 Å². The van der Waals surface area contributed by atoms with Crippen molar-refractivity contribution in [1.82, 2.24) is 20.1 Å². The van der Waals surface area contributed by atoms with Crippen molar-refractivity contribution in [1.29, 1.82) is 0 Å². The normalized spacial score (nSPS) is 10.7. The third-order valence-corrected chi connectivity index (χ3v) is 2.88. The molecule has 2 heterocycles. The average molecular weight is 254 g/mol. The Morgan fingerprint density at radius 1 is 1.11 bits per heavy atom. The SMILES string of the molecule is c1ccc(Cc2noc(CCc3cnc[nH]3)n2)cc1. The molecule has 5 heteroatoms. The fourth-order valence-corrected chi connectivity index (χ4v) is 1.90. The second-order valence-corrected chi connectivity index (χ2v) is 4.34. The molecule has 1 aromatic carbocycles. The molecule has 19 heavy (non-hydrogen) atoms. The van der Waals surface area contributed by atoms with E-state index in [2.05, 4.69) is 32.2 Å². The predicted molar refractivity (Wildman–Crippen MR) is 69.5 cm³/mol. The lowest BCUT2D eigenvalue weighted by atomic mass is 10.1. The van der Waals surface area contributed by atoms with Crippen molar-refractivity contribution in [2.45, 2.75) is 19.3 Å². The van der Waals surface area contributed by atoms with Crippen molar-refractivity contribution in [3.8, 4) is 0 Å². The third kappa shape index (κ3) is 3.07. The van der Waals surface area contributed by atoms with Crippen molar-refractivity contribution >= 4 is 0 Å². The summed E-state index contributed by atoms with van der Waals surface area (Å²) in [4.78, 5) is 11.4. The molecule has 1 N–H and O–H groups in total. The van der Waals surface area contributed by atoms with Crippen LogP contribution in [-0.4, -0.2) is 20.1 Å². The van der Waals surface area contributed by atoms with Gasteiger partial charge in [0, 0.05) is 24.7 Å². The van der Waals surface area contributed by atoms with Crippen LogP contribution < -0.4 is 0 Å². The Bertz CT molecular complexity index is 616. The van der Waals surface area contributed by atoms with Crippen molar-refractivity contribution in [3.05, 3.63) is 65.8 Å². The minimum Gasteiger partial charge on any atom is -0.348 e. The summed E-state index contributed by atoms with van der Waals surface area (Å²) < 4.78 is 5.24. The first-order chi connectivity index (χ1) is 9.40. The number of benzene rings is 1. The number of aromatic amines is 1. The molecule has 0 amide bonds. The Hall–Kier alpha value is -2.43. The molecule has 0 aliphatic heterocycles. The molecule has 3 rings (SSSR count). The van der Waals surface area contributed by atoms with Crippen LogP contribution in [0.25, 0.3) is 0 Å². The van der Waals surface area contributed by atoms with Gasteiger partial charge in [-0.3, -0.25) is 0 Å². The van der Waals surface area contributed by atoms with Gasteiger partial charge in [0.2, 0.25) is 5.89 Å². The van der Waals surface area contributed by atoms with Gasteiger partial charge in [-0.15, -0.1) is 0 Å². The predicted octanol–water partition coefficient (Wildman–Crippen LogP) is 2.17. The van der Waals surface area contributed by atoms with Gasteiger partial charge in [0.05, 0.1) is 6.33 Å². The zero-order valence-electron chi connectivity index (χ0n) is 10.4. The summed E-state index contributed by atoms with van der Waals surface area (Å²) in [6.07, 6.45) is 5.73. The van der Waals surface area contributed by atoms with Crippen LogP contribution in [0.4, 0.5) is 0 Å². The molecular formula is C14H14N4O. The van der Waals surface area contributed by atoms with E-state index in [1.165, 1.54) is 5.56 Å². The molecule has 3 aromatic rings. The Labute approximate surface area is 110 Å². The number of imidazole rings is 1. The Kier molecular flexibility index (Phi) is 3.36.